The molecule has 2 rings (SSSR count). The van der Waals surface area contributed by atoms with E-state index < -0.39 is 16.6 Å². The monoisotopic (exact) mass is 412 g/mol. The van der Waals surface area contributed by atoms with E-state index in [-0.39, 0.29) is 5.41 Å². The molecule has 0 heterocycles. The largest absolute Gasteiger partial charge is 0.544 e. The standard InChI is InChI=1S/C24H36O2Si2/c1-19(20-10-14-22(15-11-20)25-27(4,5)6)18-24(2,3)21-12-16-23(17-13-21)26-28(7,8)9/h10-17H,1,18H2,2-9H3. The Bertz CT molecular complexity index is 792. The highest BCUT2D eigenvalue weighted by Crippen LogP contribution is 2.35. The minimum atomic E-state index is -1.58. The van der Waals surface area contributed by atoms with Crippen LogP contribution < -0.4 is 8.85 Å². The highest BCUT2D eigenvalue weighted by Gasteiger charge is 2.23. The third-order valence-corrected chi connectivity index (χ3v) is 6.10. The molecule has 2 aromatic carbocycles. The number of allylic oxidation sites excluding steroid dienone is 1. The summed E-state index contributed by atoms with van der Waals surface area (Å²) in [5, 5.41) is 0. The van der Waals surface area contributed by atoms with Gasteiger partial charge in [-0.15, -0.1) is 0 Å². The summed E-state index contributed by atoms with van der Waals surface area (Å²) in [7, 11) is -3.15. The third kappa shape index (κ3) is 6.99. The summed E-state index contributed by atoms with van der Waals surface area (Å²) in [6.07, 6.45) is 0.898. The smallest absolute Gasteiger partial charge is 0.242 e. The lowest BCUT2D eigenvalue weighted by Gasteiger charge is -2.27. The van der Waals surface area contributed by atoms with Gasteiger partial charge in [0.1, 0.15) is 11.5 Å². The Balaban J connectivity index is 2.07. The molecule has 0 aliphatic rings. The Labute approximate surface area is 173 Å². The van der Waals surface area contributed by atoms with E-state index in [1.165, 1.54) is 11.1 Å². The molecule has 28 heavy (non-hydrogen) atoms. The first-order chi connectivity index (χ1) is 12.8. The topological polar surface area (TPSA) is 18.5 Å². The normalized spacial score (nSPS) is 12.6. The van der Waals surface area contributed by atoms with E-state index >= 15 is 0 Å². The van der Waals surface area contributed by atoms with E-state index in [4.69, 9.17) is 8.85 Å². The van der Waals surface area contributed by atoms with E-state index in [0.717, 1.165) is 23.5 Å². The van der Waals surface area contributed by atoms with Crippen molar-refractivity contribution in [2.24, 2.45) is 0 Å². The van der Waals surface area contributed by atoms with Crippen molar-refractivity contribution < 1.29 is 8.85 Å². The molecule has 0 radical (unpaired) electrons. The van der Waals surface area contributed by atoms with Crippen LogP contribution in [-0.4, -0.2) is 16.6 Å². The zero-order chi connectivity index (χ0) is 21.2. The van der Waals surface area contributed by atoms with Crippen molar-refractivity contribution in [3.8, 4) is 11.5 Å². The fraction of sp³-hybridized carbons (Fsp3) is 0.417. The van der Waals surface area contributed by atoms with Gasteiger partial charge in [0.05, 0.1) is 0 Å². The van der Waals surface area contributed by atoms with E-state index in [1.807, 2.05) is 0 Å². The molecule has 0 saturated heterocycles. The van der Waals surface area contributed by atoms with Crippen molar-refractivity contribution in [1.82, 2.24) is 0 Å². The molecule has 0 atom stereocenters. The van der Waals surface area contributed by atoms with Gasteiger partial charge in [-0.2, -0.15) is 0 Å². The molecule has 0 aliphatic heterocycles. The van der Waals surface area contributed by atoms with Gasteiger partial charge in [0.25, 0.3) is 0 Å². The summed E-state index contributed by atoms with van der Waals surface area (Å²) in [5.41, 5.74) is 3.62. The van der Waals surface area contributed by atoms with Crippen LogP contribution in [0.15, 0.2) is 55.1 Å². The molecule has 0 amide bonds. The summed E-state index contributed by atoms with van der Waals surface area (Å²) >= 11 is 0. The van der Waals surface area contributed by atoms with E-state index in [0.29, 0.717) is 0 Å². The Morgan fingerprint density at radius 1 is 0.750 bits per heavy atom. The average Bonchev–Trinajstić information content (AvgIpc) is 2.52. The summed E-state index contributed by atoms with van der Waals surface area (Å²) in [6, 6.07) is 16.9. The first kappa shape index (κ1) is 22.5. The maximum Gasteiger partial charge on any atom is 0.242 e. The predicted molar refractivity (Wildman–Crippen MR) is 128 cm³/mol. The molecule has 0 unspecified atom stereocenters. The molecule has 0 N–H and O–H groups in total. The maximum atomic E-state index is 6.08. The van der Waals surface area contributed by atoms with Crippen molar-refractivity contribution in [2.75, 3.05) is 0 Å². The molecule has 152 valence electrons. The SMILES string of the molecule is C=C(CC(C)(C)c1ccc(O[Si](C)(C)C)cc1)c1ccc(O[Si](C)(C)C)cc1. The van der Waals surface area contributed by atoms with Crippen LogP contribution in [0.25, 0.3) is 5.57 Å². The van der Waals surface area contributed by atoms with Gasteiger partial charge in [0.15, 0.2) is 0 Å². The predicted octanol–water partition coefficient (Wildman–Crippen LogP) is 7.50. The molecular formula is C24H36O2Si2. The third-order valence-electron chi connectivity index (χ3n) is 4.40. The van der Waals surface area contributed by atoms with Crippen LogP contribution in [0.1, 0.15) is 31.4 Å². The number of rotatable bonds is 8. The second-order valence-electron chi connectivity index (χ2n) is 10.1. The Morgan fingerprint density at radius 2 is 1.14 bits per heavy atom. The molecule has 0 fully saturated rings. The van der Waals surface area contributed by atoms with Gasteiger partial charge in [-0.1, -0.05) is 44.7 Å². The Hall–Kier alpha value is -1.79. The average molecular weight is 413 g/mol. The van der Waals surface area contributed by atoms with Gasteiger partial charge >= 0.3 is 0 Å². The summed E-state index contributed by atoms with van der Waals surface area (Å²) in [6.45, 7) is 22.1. The molecule has 0 bridgehead atoms. The fourth-order valence-electron chi connectivity index (χ4n) is 3.18. The van der Waals surface area contributed by atoms with Crippen LogP contribution in [-0.2, 0) is 5.41 Å². The lowest BCUT2D eigenvalue weighted by Crippen LogP contribution is -2.29. The van der Waals surface area contributed by atoms with E-state index in [2.05, 4.69) is 108 Å². The van der Waals surface area contributed by atoms with Crippen molar-refractivity contribution >= 4 is 22.2 Å². The molecule has 2 nitrogen and oxygen atoms in total. The van der Waals surface area contributed by atoms with Crippen LogP contribution >= 0.6 is 0 Å². The maximum absolute atomic E-state index is 6.08. The minimum Gasteiger partial charge on any atom is -0.544 e. The molecule has 0 aliphatic carbocycles. The summed E-state index contributed by atoms with van der Waals surface area (Å²) in [5.74, 6) is 1.92. The number of benzene rings is 2. The van der Waals surface area contributed by atoms with Crippen molar-refractivity contribution in [3.63, 3.8) is 0 Å². The summed E-state index contributed by atoms with van der Waals surface area (Å²) in [4.78, 5) is 0. The molecule has 0 spiro atoms. The molecule has 0 aromatic heterocycles. The van der Waals surface area contributed by atoms with Gasteiger partial charge in [0.2, 0.25) is 16.6 Å². The fourth-order valence-corrected chi connectivity index (χ4v) is 4.86. The molecule has 0 saturated carbocycles. The lowest BCUT2D eigenvalue weighted by atomic mass is 9.78. The summed E-state index contributed by atoms with van der Waals surface area (Å²) < 4.78 is 12.1. The molecule has 2 aromatic rings. The van der Waals surface area contributed by atoms with Gasteiger partial charge in [-0.25, -0.2) is 0 Å². The first-order valence-electron chi connectivity index (χ1n) is 10.0. The van der Waals surface area contributed by atoms with Crippen molar-refractivity contribution in [1.29, 1.82) is 0 Å². The highest BCUT2D eigenvalue weighted by molar-refractivity contribution is 6.70. The van der Waals surface area contributed by atoms with Gasteiger partial charge in [-0.3, -0.25) is 0 Å². The second kappa shape index (κ2) is 8.30. The van der Waals surface area contributed by atoms with Crippen LogP contribution in [0.3, 0.4) is 0 Å². The number of hydrogen-bond donors (Lipinski definition) is 0. The Morgan fingerprint density at radius 3 is 1.54 bits per heavy atom. The minimum absolute atomic E-state index is 0.00225. The van der Waals surface area contributed by atoms with Gasteiger partial charge < -0.3 is 8.85 Å². The van der Waals surface area contributed by atoms with Crippen LogP contribution in [0.5, 0.6) is 11.5 Å². The van der Waals surface area contributed by atoms with Crippen LogP contribution in [0.2, 0.25) is 39.3 Å². The van der Waals surface area contributed by atoms with Crippen molar-refractivity contribution in [2.45, 2.75) is 65.0 Å². The van der Waals surface area contributed by atoms with Crippen LogP contribution in [0, 0.1) is 0 Å². The zero-order valence-corrected chi connectivity index (χ0v) is 20.8. The first-order valence-corrected chi connectivity index (χ1v) is 16.8. The zero-order valence-electron chi connectivity index (χ0n) is 18.8. The molecule has 4 heteroatoms. The van der Waals surface area contributed by atoms with E-state index in [1.54, 1.807) is 0 Å². The van der Waals surface area contributed by atoms with Crippen molar-refractivity contribution in [3.05, 3.63) is 66.2 Å². The van der Waals surface area contributed by atoms with Gasteiger partial charge in [0, 0.05) is 0 Å². The van der Waals surface area contributed by atoms with E-state index in [9.17, 15) is 0 Å². The Kier molecular flexibility index (Phi) is 6.67. The van der Waals surface area contributed by atoms with Crippen LogP contribution in [0.4, 0.5) is 0 Å². The second-order valence-corrected chi connectivity index (χ2v) is 19.0. The molecular weight excluding hydrogens is 376 g/mol. The quantitative estimate of drug-likeness (QED) is 0.418. The van der Waals surface area contributed by atoms with Gasteiger partial charge in [-0.05, 0) is 92.1 Å². The number of hydrogen-bond acceptors (Lipinski definition) is 2. The lowest BCUT2D eigenvalue weighted by molar-refractivity contribution is 0.535. The highest BCUT2D eigenvalue weighted by atomic mass is 28.4.